The Morgan fingerprint density at radius 3 is 3.05 bits per heavy atom. The van der Waals surface area contributed by atoms with Gasteiger partial charge in [0.15, 0.2) is 0 Å². The van der Waals surface area contributed by atoms with E-state index in [1.165, 1.54) is 19.4 Å². The minimum Gasteiger partial charge on any atom is -0.493 e. The maximum absolute atomic E-state index is 5.97. The van der Waals surface area contributed by atoms with Gasteiger partial charge in [0.2, 0.25) is 0 Å². The fourth-order valence-corrected chi connectivity index (χ4v) is 2.67. The van der Waals surface area contributed by atoms with E-state index in [0.717, 1.165) is 36.6 Å². The van der Waals surface area contributed by atoms with Crippen LogP contribution in [0.1, 0.15) is 30.5 Å². The van der Waals surface area contributed by atoms with Crippen molar-refractivity contribution in [2.24, 2.45) is 0 Å². The fourth-order valence-electron chi connectivity index (χ4n) is 2.67. The fraction of sp³-hybridized carbons (Fsp3) is 0.667. The molecule has 2 rings (SSSR count). The molecule has 1 aromatic heterocycles. The van der Waals surface area contributed by atoms with E-state index in [9.17, 15) is 0 Å². The number of likely N-dealkylation sites (tertiary alicyclic amines) is 1. The Balaban J connectivity index is 1.89. The summed E-state index contributed by atoms with van der Waals surface area (Å²) in [5.41, 5.74) is 2.14. The number of pyridine rings is 1. The summed E-state index contributed by atoms with van der Waals surface area (Å²) in [5.74, 6) is 0.975. The number of aryl methyl sites for hydroxylation is 1. The number of nitrogens with one attached hydrogen (secondary N) is 1. The van der Waals surface area contributed by atoms with Crippen molar-refractivity contribution in [3.8, 4) is 5.75 Å². The second-order valence-electron chi connectivity index (χ2n) is 5.38. The molecule has 1 fully saturated rings. The standard InChI is InChI=1S/C15H25N3O/c1-12-9-15(13(10-16-2)11-17-12)19-8-6-14-5-4-7-18(14)3/h9,11,14,16H,4-8,10H2,1-3H3. The van der Waals surface area contributed by atoms with E-state index in [2.05, 4.69) is 22.2 Å². The van der Waals surface area contributed by atoms with Crippen molar-refractivity contribution in [1.82, 2.24) is 15.2 Å². The van der Waals surface area contributed by atoms with E-state index in [4.69, 9.17) is 4.74 Å². The molecule has 1 aromatic rings. The summed E-state index contributed by atoms with van der Waals surface area (Å²) in [4.78, 5) is 6.77. The monoisotopic (exact) mass is 263 g/mol. The van der Waals surface area contributed by atoms with Crippen LogP contribution in [0.25, 0.3) is 0 Å². The zero-order chi connectivity index (χ0) is 13.7. The van der Waals surface area contributed by atoms with Crippen molar-refractivity contribution in [2.75, 3.05) is 27.2 Å². The second-order valence-corrected chi connectivity index (χ2v) is 5.38. The lowest BCUT2D eigenvalue weighted by molar-refractivity contribution is 0.232. The number of ether oxygens (including phenoxy) is 1. The first-order valence-electron chi connectivity index (χ1n) is 7.14. The first-order chi connectivity index (χ1) is 9.20. The Morgan fingerprint density at radius 2 is 2.37 bits per heavy atom. The Labute approximate surface area is 116 Å². The summed E-state index contributed by atoms with van der Waals surface area (Å²) >= 11 is 0. The maximum Gasteiger partial charge on any atom is 0.127 e. The van der Waals surface area contributed by atoms with Crippen molar-refractivity contribution < 1.29 is 4.74 Å². The molecule has 1 aliphatic rings. The highest BCUT2D eigenvalue weighted by Gasteiger charge is 2.20. The normalized spacial score (nSPS) is 19.8. The van der Waals surface area contributed by atoms with E-state index in [1.54, 1.807) is 0 Å². The highest BCUT2D eigenvalue weighted by atomic mass is 16.5. The van der Waals surface area contributed by atoms with Crippen molar-refractivity contribution in [1.29, 1.82) is 0 Å². The van der Waals surface area contributed by atoms with Gasteiger partial charge in [-0.3, -0.25) is 4.98 Å². The Hall–Kier alpha value is -1.13. The predicted octanol–water partition coefficient (Wildman–Crippen LogP) is 1.97. The van der Waals surface area contributed by atoms with E-state index in [-0.39, 0.29) is 0 Å². The van der Waals surface area contributed by atoms with Crippen LogP contribution in [0.3, 0.4) is 0 Å². The number of aromatic nitrogens is 1. The van der Waals surface area contributed by atoms with Crippen LogP contribution in [0.2, 0.25) is 0 Å². The zero-order valence-corrected chi connectivity index (χ0v) is 12.3. The van der Waals surface area contributed by atoms with Crippen molar-refractivity contribution in [2.45, 2.75) is 38.8 Å². The van der Waals surface area contributed by atoms with Crippen molar-refractivity contribution in [3.05, 3.63) is 23.5 Å². The van der Waals surface area contributed by atoms with Gasteiger partial charge in [0, 0.05) is 36.1 Å². The predicted molar refractivity (Wildman–Crippen MR) is 77.5 cm³/mol. The van der Waals surface area contributed by atoms with Crippen LogP contribution >= 0.6 is 0 Å². The Bertz CT molecular complexity index is 408. The zero-order valence-electron chi connectivity index (χ0n) is 12.3. The van der Waals surface area contributed by atoms with E-state index >= 15 is 0 Å². The molecule has 0 radical (unpaired) electrons. The summed E-state index contributed by atoms with van der Waals surface area (Å²) in [7, 11) is 4.15. The molecule has 1 saturated heterocycles. The van der Waals surface area contributed by atoms with E-state index < -0.39 is 0 Å². The molecule has 1 atom stereocenters. The molecule has 0 aromatic carbocycles. The van der Waals surface area contributed by atoms with Crippen LogP contribution in [0.5, 0.6) is 5.75 Å². The summed E-state index contributed by atoms with van der Waals surface area (Å²) in [6.07, 6.45) is 5.64. The topological polar surface area (TPSA) is 37.4 Å². The molecule has 4 nitrogen and oxygen atoms in total. The van der Waals surface area contributed by atoms with Crippen LogP contribution in [0.15, 0.2) is 12.3 Å². The van der Waals surface area contributed by atoms with Gasteiger partial charge in [0.25, 0.3) is 0 Å². The first kappa shape index (κ1) is 14.3. The van der Waals surface area contributed by atoms with Gasteiger partial charge in [-0.1, -0.05) is 0 Å². The molecular weight excluding hydrogens is 238 g/mol. The third-order valence-electron chi connectivity index (χ3n) is 3.83. The van der Waals surface area contributed by atoms with Gasteiger partial charge in [0.05, 0.1) is 6.61 Å². The maximum atomic E-state index is 5.97. The third kappa shape index (κ3) is 3.91. The van der Waals surface area contributed by atoms with Gasteiger partial charge < -0.3 is 15.0 Å². The SMILES string of the molecule is CNCc1cnc(C)cc1OCCC1CCCN1C. The van der Waals surface area contributed by atoms with Crippen molar-refractivity contribution in [3.63, 3.8) is 0 Å². The largest absolute Gasteiger partial charge is 0.493 e. The lowest BCUT2D eigenvalue weighted by atomic mass is 10.1. The quantitative estimate of drug-likeness (QED) is 0.851. The molecule has 0 saturated carbocycles. The molecule has 1 N–H and O–H groups in total. The molecule has 19 heavy (non-hydrogen) atoms. The summed E-state index contributed by atoms with van der Waals surface area (Å²) < 4.78 is 5.97. The van der Waals surface area contributed by atoms with Gasteiger partial charge >= 0.3 is 0 Å². The summed E-state index contributed by atoms with van der Waals surface area (Å²) in [6, 6.07) is 2.72. The molecule has 1 aliphatic heterocycles. The van der Waals surface area contributed by atoms with Crippen LogP contribution in [-0.2, 0) is 6.54 Å². The van der Waals surface area contributed by atoms with E-state index in [1.807, 2.05) is 26.2 Å². The van der Waals surface area contributed by atoms with Crippen LogP contribution in [0, 0.1) is 6.92 Å². The molecule has 106 valence electrons. The van der Waals surface area contributed by atoms with Crippen LogP contribution in [-0.4, -0.2) is 43.2 Å². The number of rotatable bonds is 6. The summed E-state index contributed by atoms with van der Waals surface area (Å²) in [5, 5.41) is 3.15. The minimum absolute atomic E-state index is 0.690. The van der Waals surface area contributed by atoms with Gasteiger partial charge in [0.1, 0.15) is 5.75 Å². The molecule has 1 unspecified atom stereocenters. The van der Waals surface area contributed by atoms with Crippen LogP contribution in [0.4, 0.5) is 0 Å². The lowest BCUT2D eigenvalue weighted by Crippen LogP contribution is -2.26. The number of hydrogen-bond donors (Lipinski definition) is 1. The lowest BCUT2D eigenvalue weighted by Gasteiger charge is -2.20. The van der Waals surface area contributed by atoms with Crippen LogP contribution < -0.4 is 10.1 Å². The molecule has 0 aliphatic carbocycles. The van der Waals surface area contributed by atoms with Gasteiger partial charge in [-0.25, -0.2) is 0 Å². The van der Waals surface area contributed by atoms with Crippen molar-refractivity contribution >= 4 is 0 Å². The first-order valence-corrected chi connectivity index (χ1v) is 7.14. The van der Waals surface area contributed by atoms with Gasteiger partial charge in [-0.2, -0.15) is 0 Å². The Kier molecular flexibility index (Phi) is 5.16. The molecule has 0 amide bonds. The molecule has 2 heterocycles. The molecule has 4 heteroatoms. The summed E-state index contributed by atoms with van der Waals surface area (Å²) in [6.45, 7) is 4.81. The van der Waals surface area contributed by atoms with E-state index in [0.29, 0.717) is 6.04 Å². The minimum atomic E-state index is 0.690. The average molecular weight is 263 g/mol. The average Bonchev–Trinajstić information content (AvgIpc) is 2.79. The Morgan fingerprint density at radius 1 is 1.53 bits per heavy atom. The highest BCUT2D eigenvalue weighted by Crippen LogP contribution is 2.21. The smallest absolute Gasteiger partial charge is 0.127 e. The number of nitrogens with zero attached hydrogens (tertiary/aromatic N) is 2. The molecule has 0 spiro atoms. The van der Waals surface area contributed by atoms with Gasteiger partial charge in [-0.15, -0.1) is 0 Å². The number of hydrogen-bond acceptors (Lipinski definition) is 4. The third-order valence-corrected chi connectivity index (χ3v) is 3.83. The van der Waals surface area contributed by atoms with Gasteiger partial charge in [-0.05, 0) is 46.8 Å². The molecule has 0 bridgehead atoms. The molecular formula is C15H25N3O. The second kappa shape index (κ2) is 6.87. The highest BCUT2D eigenvalue weighted by molar-refractivity contribution is 5.32.